The number of unbranched alkanes of at least 4 members (excludes halogenated alkanes) is 1. The third-order valence-corrected chi connectivity index (χ3v) is 9.26. The van der Waals surface area contributed by atoms with Crippen molar-refractivity contribution >= 4 is 21.8 Å². The molecule has 0 amide bonds. The Morgan fingerprint density at radius 1 is 0.850 bits per heavy atom. The lowest BCUT2D eigenvalue weighted by Crippen LogP contribution is -2.45. The quantitative estimate of drug-likeness (QED) is 0.215. The highest BCUT2D eigenvalue weighted by molar-refractivity contribution is 6.08. The zero-order chi connectivity index (χ0) is 27.1. The molecule has 0 N–H and O–H groups in total. The molecule has 3 fully saturated rings. The predicted octanol–water partition coefficient (Wildman–Crippen LogP) is 5.71. The number of pyridine rings is 2. The maximum absolute atomic E-state index is 6.11. The predicted molar refractivity (Wildman–Crippen MR) is 157 cm³/mol. The van der Waals surface area contributed by atoms with Gasteiger partial charge in [-0.2, -0.15) is 0 Å². The van der Waals surface area contributed by atoms with Crippen molar-refractivity contribution in [2.75, 3.05) is 40.0 Å². The van der Waals surface area contributed by atoms with Crippen molar-refractivity contribution in [3.63, 3.8) is 0 Å². The van der Waals surface area contributed by atoms with Gasteiger partial charge in [0.15, 0.2) is 0 Å². The van der Waals surface area contributed by atoms with E-state index in [1.54, 1.807) is 0 Å². The number of nitrogens with zero attached hydrogens (tertiary/aromatic N) is 4. The van der Waals surface area contributed by atoms with Gasteiger partial charge in [-0.15, -0.1) is 0 Å². The Bertz CT molecular complexity index is 1460. The lowest BCUT2D eigenvalue weighted by molar-refractivity contribution is -0.0636. The molecule has 7 heteroatoms. The molecule has 7 nitrogen and oxygen atoms in total. The van der Waals surface area contributed by atoms with E-state index in [0.29, 0.717) is 12.0 Å². The van der Waals surface area contributed by atoms with Crippen LogP contribution in [0.1, 0.15) is 32.1 Å². The summed E-state index contributed by atoms with van der Waals surface area (Å²) in [4.78, 5) is 11.3. The topological polar surface area (TPSA) is 61.6 Å². The summed E-state index contributed by atoms with van der Waals surface area (Å²) in [5, 5.41) is 2.40. The highest BCUT2D eigenvalue weighted by Gasteiger charge is 2.46. The summed E-state index contributed by atoms with van der Waals surface area (Å²) in [5.74, 6) is 3.38. The Morgan fingerprint density at radius 3 is 2.52 bits per heavy atom. The van der Waals surface area contributed by atoms with E-state index in [2.05, 4.69) is 63.9 Å². The Kier molecular flexibility index (Phi) is 7.20. The van der Waals surface area contributed by atoms with E-state index >= 15 is 0 Å². The van der Waals surface area contributed by atoms with Gasteiger partial charge in [-0.1, -0.05) is 12.1 Å². The van der Waals surface area contributed by atoms with Gasteiger partial charge in [-0.25, -0.2) is 4.98 Å². The van der Waals surface area contributed by atoms with Crippen molar-refractivity contribution in [2.45, 2.75) is 44.3 Å². The van der Waals surface area contributed by atoms with Crippen LogP contribution in [0.15, 0.2) is 55.0 Å². The first-order chi connectivity index (χ1) is 19.6. The Hall–Kier alpha value is -3.00. The van der Waals surface area contributed by atoms with Crippen LogP contribution in [-0.4, -0.2) is 71.6 Å². The van der Waals surface area contributed by atoms with E-state index in [4.69, 9.17) is 14.2 Å². The summed E-state index contributed by atoms with van der Waals surface area (Å²) in [5.41, 5.74) is 4.61. The van der Waals surface area contributed by atoms with Crippen LogP contribution in [-0.2, 0) is 16.5 Å². The number of aromatic nitrogens is 3. The maximum atomic E-state index is 6.11. The lowest BCUT2D eigenvalue weighted by atomic mass is 9.92. The molecule has 1 aromatic carbocycles. The molecule has 0 unspecified atom stereocenters. The normalized spacial score (nSPS) is 24.8. The lowest BCUT2D eigenvalue weighted by Gasteiger charge is -2.36. The van der Waals surface area contributed by atoms with Crippen LogP contribution in [0.3, 0.4) is 0 Å². The molecule has 3 aliphatic rings. The SMILES string of the molecule is CN1CC([C@@H]2C[C@H]2COCCCCOC2CC(Oc3ccc(-c4ccc5c6cnccc6n(C)c5c4)cn3)C2)C1. The van der Waals surface area contributed by atoms with Crippen LogP contribution >= 0.6 is 0 Å². The third-order valence-electron chi connectivity index (χ3n) is 9.26. The fraction of sp³-hybridized carbons (Fsp3) is 0.515. The van der Waals surface area contributed by atoms with Gasteiger partial charge in [0.2, 0.25) is 5.88 Å². The molecule has 40 heavy (non-hydrogen) atoms. The summed E-state index contributed by atoms with van der Waals surface area (Å²) in [6.07, 6.45) is 11.6. The second-order valence-electron chi connectivity index (χ2n) is 12.2. The van der Waals surface area contributed by atoms with Crippen molar-refractivity contribution in [1.82, 2.24) is 19.4 Å². The van der Waals surface area contributed by atoms with Crippen LogP contribution in [0, 0.1) is 17.8 Å². The molecule has 210 valence electrons. The molecular weight excluding hydrogens is 500 g/mol. The molecule has 2 atom stereocenters. The van der Waals surface area contributed by atoms with Crippen LogP contribution in [0.4, 0.5) is 0 Å². The average molecular weight is 541 g/mol. The van der Waals surface area contributed by atoms with Gasteiger partial charge < -0.3 is 23.7 Å². The van der Waals surface area contributed by atoms with E-state index in [9.17, 15) is 0 Å². The minimum absolute atomic E-state index is 0.189. The van der Waals surface area contributed by atoms with E-state index in [-0.39, 0.29) is 6.10 Å². The van der Waals surface area contributed by atoms with Gasteiger partial charge in [0, 0.05) is 99.3 Å². The summed E-state index contributed by atoms with van der Waals surface area (Å²) in [6, 6.07) is 12.7. The Morgan fingerprint density at radius 2 is 1.70 bits per heavy atom. The van der Waals surface area contributed by atoms with E-state index < -0.39 is 0 Å². The molecular formula is C33H40N4O3. The second kappa shape index (κ2) is 11.1. The van der Waals surface area contributed by atoms with Gasteiger partial charge in [0.05, 0.1) is 11.6 Å². The Labute approximate surface area is 236 Å². The minimum atomic E-state index is 0.189. The summed E-state index contributed by atoms with van der Waals surface area (Å²) < 4.78 is 20.3. The number of fused-ring (bicyclic) bond motifs is 3. The summed E-state index contributed by atoms with van der Waals surface area (Å²) in [7, 11) is 4.32. The molecule has 1 saturated heterocycles. The van der Waals surface area contributed by atoms with E-state index in [1.807, 2.05) is 24.7 Å². The van der Waals surface area contributed by atoms with Gasteiger partial charge in [-0.3, -0.25) is 4.98 Å². The molecule has 0 bridgehead atoms. The number of rotatable bonds is 12. The maximum Gasteiger partial charge on any atom is 0.213 e. The molecule has 3 aromatic heterocycles. The number of benzene rings is 1. The highest BCUT2D eigenvalue weighted by Crippen LogP contribution is 2.47. The number of hydrogen-bond acceptors (Lipinski definition) is 6. The second-order valence-corrected chi connectivity index (χ2v) is 12.2. The van der Waals surface area contributed by atoms with Crippen LogP contribution in [0.5, 0.6) is 5.88 Å². The highest BCUT2D eigenvalue weighted by atomic mass is 16.5. The van der Waals surface area contributed by atoms with Crippen LogP contribution in [0.25, 0.3) is 32.9 Å². The van der Waals surface area contributed by atoms with Crippen molar-refractivity contribution in [1.29, 1.82) is 0 Å². The summed E-state index contributed by atoms with van der Waals surface area (Å²) in [6.45, 7) is 5.21. The van der Waals surface area contributed by atoms with Gasteiger partial charge in [0.1, 0.15) is 6.10 Å². The van der Waals surface area contributed by atoms with Crippen molar-refractivity contribution in [3.8, 4) is 17.0 Å². The van der Waals surface area contributed by atoms with Crippen LogP contribution < -0.4 is 4.74 Å². The van der Waals surface area contributed by atoms with E-state index in [0.717, 1.165) is 74.4 Å². The molecule has 2 saturated carbocycles. The third kappa shape index (κ3) is 5.35. The first-order valence-corrected chi connectivity index (χ1v) is 15.0. The summed E-state index contributed by atoms with van der Waals surface area (Å²) >= 11 is 0. The van der Waals surface area contributed by atoms with E-state index in [1.165, 1.54) is 41.3 Å². The first kappa shape index (κ1) is 25.9. The molecule has 0 radical (unpaired) electrons. The number of likely N-dealkylation sites (tertiary alicyclic amines) is 1. The van der Waals surface area contributed by atoms with Gasteiger partial charge >= 0.3 is 0 Å². The standard InChI is InChI=1S/C33H40N4O3/c1-36-19-25(20-36)29-13-24(29)21-38-11-3-4-12-39-26-15-27(16-26)40-33-8-6-23(17-35-33)22-5-7-28-30-18-34-10-9-31(30)37(2)32(28)14-22/h5-10,14,17-18,24-27,29H,3-4,11-13,15-16,19-21H2,1-2H3/t24-,26?,27?,29+/m0/s1. The molecule has 4 aromatic rings. The van der Waals surface area contributed by atoms with Crippen molar-refractivity contribution in [2.24, 2.45) is 24.8 Å². The number of hydrogen-bond donors (Lipinski definition) is 0. The van der Waals surface area contributed by atoms with Gasteiger partial charge in [0.25, 0.3) is 0 Å². The smallest absolute Gasteiger partial charge is 0.213 e. The molecule has 0 spiro atoms. The Balaban J connectivity index is 0.800. The molecule has 4 heterocycles. The van der Waals surface area contributed by atoms with Crippen molar-refractivity contribution in [3.05, 3.63) is 55.0 Å². The van der Waals surface area contributed by atoms with Crippen molar-refractivity contribution < 1.29 is 14.2 Å². The fourth-order valence-corrected chi connectivity index (χ4v) is 6.62. The molecule has 1 aliphatic heterocycles. The van der Waals surface area contributed by atoms with Gasteiger partial charge in [-0.05, 0) is 67.8 Å². The fourth-order valence-electron chi connectivity index (χ4n) is 6.62. The minimum Gasteiger partial charge on any atom is -0.474 e. The largest absolute Gasteiger partial charge is 0.474 e. The monoisotopic (exact) mass is 540 g/mol. The zero-order valence-electron chi connectivity index (χ0n) is 23.7. The number of ether oxygens (including phenoxy) is 3. The van der Waals surface area contributed by atoms with Crippen LogP contribution in [0.2, 0.25) is 0 Å². The molecule has 2 aliphatic carbocycles. The average Bonchev–Trinajstić information content (AvgIpc) is 3.65. The molecule has 7 rings (SSSR count). The zero-order valence-corrected chi connectivity index (χ0v) is 23.7. The first-order valence-electron chi connectivity index (χ1n) is 15.0. The number of aryl methyl sites for hydroxylation is 1.